The van der Waals surface area contributed by atoms with E-state index in [2.05, 4.69) is 22.0 Å². The third-order valence-electron chi connectivity index (χ3n) is 3.44. The van der Waals surface area contributed by atoms with E-state index in [1.165, 1.54) is 4.88 Å². The zero-order valence-corrected chi connectivity index (χ0v) is 16.0. The number of likely N-dealkylation sites (N-methyl/N-ethyl adjacent to an activating group) is 2. The molecular formula is C17H21BrN2O2S. The van der Waals surface area contributed by atoms with E-state index in [0.29, 0.717) is 13.1 Å². The van der Waals surface area contributed by atoms with Crippen LogP contribution in [0.1, 0.15) is 10.4 Å². The van der Waals surface area contributed by atoms with Gasteiger partial charge in [-0.05, 0) is 52.8 Å². The van der Waals surface area contributed by atoms with Crippen LogP contribution in [-0.4, -0.2) is 43.5 Å². The number of hydrogen-bond acceptors (Lipinski definition) is 4. The molecule has 23 heavy (non-hydrogen) atoms. The van der Waals surface area contributed by atoms with Crippen molar-refractivity contribution < 1.29 is 9.53 Å². The van der Waals surface area contributed by atoms with Crippen molar-refractivity contribution in [3.8, 4) is 5.75 Å². The molecule has 0 saturated carbocycles. The number of nitrogens with zero attached hydrogens (tertiary/aromatic N) is 2. The second-order valence-electron chi connectivity index (χ2n) is 5.48. The number of methoxy groups -OCH3 is 1. The lowest BCUT2D eigenvalue weighted by Gasteiger charge is -2.21. The van der Waals surface area contributed by atoms with Crippen molar-refractivity contribution in [2.75, 3.05) is 27.7 Å². The van der Waals surface area contributed by atoms with Crippen LogP contribution in [0.4, 0.5) is 0 Å². The Kier molecular flexibility index (Phi) is 6.62. The maximum Gasteiger partial charge on any atom is 0.236 e. The molecule has 0 bridgehead atoms. The van der Waals surface area contributed by atoms with Gasteiger partial charge in [0.25, 0.3) is 0 Å². The van der Waals surface area contributed by atoms with Gasteiger partial charge in [0.15, 0.2) is 0 Å². The van der Waals surface area contributed by atoms with Crippen molar-refractivity contribution in [2.45, 2.75) is 13.1 Å². The molecule has 1 heterocycles. The summed E-state index contributed by atoms with van der Waals surface area (Å²) < 4.78 is 6.33. The van der Waals surface area contributed by atoms with Gasteiger partial charge in [0.2, 0.25) is 5.91 Å². The first-order valence-electron chi connectivity index (χ1n) is 7.27. The molecule has 0 saturated heterocycles. The summed E-state index contributed by atoms with van der Waals surface area (Å²) in [6, 6.07) is 11.9. The van der Waals surface area contributed by atoms with Crippen LogP contribution in [0, 0.1) is 0 Å². The summed E-state index contributed by atoms with van der Waals surface area (Å²) in [6.07, 6.45) is 0. The molecule has 0 aliphatic rings. The monoisotopic (exact) mass is 396 g/mol. The first-order valence-corrected chi connectivity index (χ1v) is 8.88. The minimum Gasteiger partial charge on any atom is -0.497 e. The first kappa shape index (κ1) is 18.0. The zero-order chi connectivity index (χ0) is 16.8. The normalized spacial score (nSPS) is 10.8. The van der Waals surface area contributed by atoms with Crippen molar-refractivity contribution in [1.82, 2.24) is 9.80 Å². The molecule has 4 nitrogen and oxygen atoms in total. The van der Waals surface area contributed by atoms with E-state index < -0.39 is 0 Å². The van der Waals surface area contributed by atoms with Crippen molar-refractivity contribution in [3.05, 3.63) is 50.6 Å². The topological polar surface area (TPSA) is 32.8 Å². The largest absolute Gasteiger partial charge is 0.497 e. The van der Waals surface area contributed by atoms with Crippen molar-refractivity contribution in [1.29, 1.82) is 0 Å². The fourth-order valence-electron chi connectivity index (χ4n) is 2.24. The maximum atomic E-state index is 12.4. The fraction of sp³-hybridized carbons (Fsp3) is 0.353. The molecule has 1 amide bonds. The fourth-order valence-corrected chi connectivity index (χ4v) is 3.81. The van der Waals surface area contributed by atoms with Crippen molar-refractivity contribution in [2.24, 2.45) is 0 Å². The average molecular weight is 397 g/mol. The summed E-state index contributed by atoms with van der Waals surface area (Å²) in [5, 5.41) is 0. The van der Waals surface area contributed by atoms with Gasteiger partial charge in [-0.3, -0.25) is 9.69 Å². The molecule has 0 N–H and O–H groups in total. The third kappa shape index (κ3) is 5.64. The van der Waals surface area contributed by atoms with E-state index in [-0.39, 0.29) is 5.91 Å². The second-order valence-corrected chi connectivity index (χ2v) is 8.03. The van der Waals surface area contributed by atoms with Crippen molar-refractivity contribution in [3.63, 3.8) is 0 Å². The number of hydrogen-bond donors (Lipinski definition) is 0. The Morgan fingerprint density at radius 3 is 2.65 bits per heavy atom. The van der Waals surface area contributed by atoms with Crippen LogP contribution in [-0.2, 0) is 17.9 Å². The summed E-state index contributed by atoms with van der Waals surface area (Å²) >= 11 is 5.15. The number of carbonyl (C=O) groups is 1. The minimum atomic E-state index is 0.103. The van der Waals surface area contributed by atoms with Gasteiger partial charge in [0, 0.05) is 25.0 Å². The lowest BCUT2D eigenvalue weighted by Crippen LogP contribution is -2.35. The minimum absolute atomic E-state index is 0.103. The summed E-state index contributed by atoms with van der Waals surface area (Å²) in [5.41, 5.74) is 1.06. The van der Waals surface area contributed by atoms with Crippen LogP contribution in [0.3, 0.4) is 0 Å². The van der Waals surface area contributed by atoms with Gasteiger partial charge in [0.05, 0.1) is 17.4 Å². The molecule has 0 unspecified atom stereocenters. The molecular weight excluding hydrogens is 376 g/mol. The van der Waals surface area contributed by atoms with Crippen LogP contribution < -0.4 is 4.74 Å². The third-order valence-corrected chi connectivity index (χ3v) is 5.05. The molecule has 2 rings (SSSR count). The Morgan fingerprint density at radius 1 is 1.22 bits per heavy atom. The quantitative estimate of drug-likeness (QED) is 0.716. The summed E-state index contributed by atoms with van der Waals surface area (Å²) in [4.78, 5) is 17.4. The summed E-state index contributed by atoms with van der Waals surface area (Å²) in [6.45, 7) is 1.75. The van der Waals surface area contributed by atoms with Crippen LogP contribution >= 0.6 is 27.3 Å². The molecule has 0 aliphatic heterocycles. The van der Waals surface area contributed by atoms with E-state index >= 15 is 0 Å². The highest BCUT2D eigenvalue weighted by molar-refractivity contribution is 9.11. The Bertz CT molecular complexity index is 660. The highest BCUT2D eigenvalue weighted by atomic mass is 79.9. The average Bonchev–Trinajstić information content (AvgIpc) is 2.92. The lowest BCUT2D eigenvalue weighted by atomic mass is 10.2. The van der Waals surface area contributed by atoms with Gasteiger partial charge in [-0.2, -0.15) is 0 Å². The smallest absolute Gasteiger partial charge is 0.236 e. The number of thiophene rings is 1. The number of amides is 1. The Morgan fingerprint density at radius 2 is 2.00 bits per heavy atom. The van der Waals surface area contributed by atoms with Crippen molar-refractivity contribution >= 4 is 33.2 Å². The standard InChI is InChI=1S/C17H21BrN2O2S/c1-19(11-15-7-8-16(18)23-15)12-17(21)20(2)10-13-5-4-6-14(9-13)22-3/h4-9H,10-12H2,1-3H3. The number of benzene rings is 1. The number of halogens is 1. The predicted molar refractivity (Wildman–Crippen MR) is 97.8 cm³/mol. The van der Waals surface area contributed by atoms with E-state index in [4.69, 9.17) is 4.74 Å². The second kappa shape index (κ2) is 8.47. The molecule has 6 heteroatoms. The number of ether oxygens (including phenoxy) is 1. The highest BCUT2D eigenvalue weighted by Crippen LogP contribution is 2.23. The predicted octanol–water partition coefficient (Wildman–Crippen LogP) is 3.61. The molecule has 0 radical (unpaired) electrons. The lowest BCUT2D eigenvalue weighted by molar-refractivity contribution is -0.131. The van der Waals surface area contributed by atoms with Crippen LogP contribution in [0.25, 0.3) is 0 Å². The summed E-state index contributed by atoms with van der Waals surface area (Å²) in [7, 11) is 5.44. The Hall–Kier alpha value is -1.37. The number of carbonyl (C=O) groups excluding carboxylic acids is 1. The van der Waals surface area contributed by atoms with E-state index in [1.54, 1.807) is 23.3 Å². The summed E-state index contributed by atoms with van der Waals surface area (Å²) in [5.74, 6) is 0.912. The van der Waals surface area contributed by atoms with Gasteiger partial charge in [-0.1, -0.05) is 12.1 Å². The van der Waals surface area contributed by atoms with Crippen LogP contribution in [0.5, 0.6) is 5.75 Å². The van der Waals surface area contributed by atoms with E-state index in [1.807, 2.05) is 49.3 Å². The van der Waals surface area contributed by atoms with Gasteiger partial charge >= 0.3 is 0 Å². The molecule has 124 valence electrons. The highest BCUT2D eigenvalue weighted by Gasteiger charge is 2.13. The number of rotatable bonds is 7. The molecule has 1 aromatic heterocycles. The molecule has 1 aromatic carbocycles. The van der Waals surface area contributed by atoms with E-state index in [0.717, 1.165) is 21.6 Å². The van der Waals surface area contributed by atoms with Crippen LogP contribution in [0.15, 0.2) is 40.2 Å². The van der Waals surface area contributed by atoms with Gasteiger partial charge < -0.3 is 9.64 Å². The molecule has 0 aliphatic carbocycles. The van der Waals surface area contributed by atoms with Crippen LogP contribution in [0.2, 0.25) is 0 Å². The SMILES string of the molecule is COc1cccc(CN(C)C(=O)CN(C)Cc2ccc(Br)s2)c1. The Labute approximate surface area is 149 Å². The molecule has 0 spiro atoms. The van der Waals surface area contributed by atoms with E-state index in [9.17, 15) is 4.79 Å². The Balaban J connectivity index is 1.86. The molecule has 2 aromatic rings. The van der Waals surface area contributed by atoms with Gasteiger partial charge in [0.1, 0.15) is 5.75 Å². The molecule has 0 fully saturated rings. The first-order chi connectivity index (χ1) is 11.0. The maximum absolute atomic E-state index is 12.4. The van der Waals surface area contributed by atoms with Gasteiger partial charge in [-0.15, -0.1) is 11.3 Å². The zero-order valence-electron chi connectivity index (χ0n) is 13.6. The molecule has 0 atom stereocenters. The van der Waals surface area contributed by atoms with Gasteiger partial charge in [-0.25, -0.2) is 0 Å².